The average Bonchev–Trinajstić information content (AvgIpc) is 3.68. The largest absolute Gasteiger partial charge is 0.416 e. The Morgan fingerprint density at radius 2 is 1.90 bits per heavy atom. The molecule has 2 aliphatic rings. The summed E-state index contributed by atoms with van der Waals surface area (Å²) in [5.41, 5.74) is 1.98. The first-order valence-electron chi connectivity index (χ1n) is 14.0. The summed E-state index contributed by atoms with van der Waals surface area (Å²) >= 11 is 0. The molecule has 214 valence electrons. The molecule has 4 aromatic rings. The van der Waals surface area contributed by atoms with E-state index in [1.54, 1.807) is 18.5 Å². The van der Waals surface area contributed by atoms with Gasteiger partial charge in [-0.2, -0.15) is 18.2 Å². The van der Waals surface area contributed by atoms with Crippen LogP contribution in [-0.4, -0.2) is 71.9 Å². The Bertz CT molecular complexity index is 1490. The van der Waals surface area contributed by atoms with Crippen LogP contribution in [0.15, 0.2) is 30.6 Å². The third-order valence-corrected chi connectivity index (χ3v) is 8.56. The zero-order chi connectivity index (χ0) is 28.2. The fourth-order valence-corrected chi connectivity index (χ4v) is 6.30. The smallest absolute Gasteiger partial charge is 0.376 e. The maximum absolute atomic E-state index is 13.1. The number of fused-ring (bicyclic) bond motifs is 3. The van der Waals surface area contributed by atoms with E-state index in [0.29, 0.717) is 18.9 Å². The zero-order valence-electron chi connectivity index (χ0n) is 23.3. The molecule has 2 saturated heterocycles. The van der Waals surface area contributed by atoms with Gasteiger partial charge in [0.1, 0.15) is 17.7 Å². The molecule has 6 rings (SSSR count). The molecule has 9 nitrogen and oxygen atoms in total. The summed E-state index contributed by atoms with van der Waals surface area (Å²) in [5, 5.41) is 8.43. The Labute approximate surface area is 231 Å². The molecule has 0 radical (unpaired) electrons. The van der Waals surface area contributed by atoms with Crippen LogP contribution in [-0.2, 0) is 17.5 Å². The molecule has 4 atom stereocenters. The summed E-state index contributed by atoms with van der Waals surface area (Å²) in [6.45, 7) is 11.3. The maximum Gasteiger partial charge on any atom is 0.416 e. The molecule has 5 heterocycles. The lowest BCUT2D eigenvalue weighted by Gasteiger charge is -2.48. The van der Waals surface area contributed by atoms with Crippen molar-refractivity contribution < 1.29 is 17.9 Å². The SMILES string of the molecule is CC[C@@H]1CN(c2nc3nncn3c3c2nc(C)n3C[C@@H]2CCCO2)[C@@H](C)CN1[C@@H](C)c1ccc(C(F)(F)F)cc1. The number of nitrogens with zero attached hydrogens (tertiary/aromatic N) is 8. The van der Waals surface area contributed by atoms with Crippen molar-refractivity contribution in [3.63, 3.8) is 0 Å². The topological polar surface area (TPSA) is 76.6 Å². The number of anilines is 1. The van der Waals surface area contributed by atoms with Gasteiger partial charge in [0, 0.05) is 37.8 Å². The third kappa shape index (κ3) is 4.70. The standard InChI is InChI=1S/C28H35F3N8O/c1-5-22-14-36(17(2)13-37(22)18(3)20-8-10-21(11-9-20)28(29,30)31)25-24-26(39-16-32-35-27(39)34-25)38(19(4)33-24)15-23-7-6-12-40-23/h8-11,16-18,22-23H,5-7,12-15H2,1-4H3/t17-,18-,22+,23-/m0/s1. The first kappa shape index (κ1) is 26.9. The Morgan fingerprint density at radius 3 is 2.58 bits per heavy atom. The number of ether oxygens (including phenoxy) is 1. The minimum atomic E-state index is -4.34. The molecule has 0 saturated carbocycles. The quantitative estimate of drug-likeness (QED) is 0.330. The maximum atomic E-state index is 13.1. The number of hydrogen-bond acceptors (Lipinski definition) is 7. The molecular weight excluding hydrogens is 521 g/mol. The second-order valence-electron chi connectivity index (χ2n) is 11.1. The molecule has 0 unspecified atom stereocenters. The van der Waals surface area contributed by atoms with Crippen molar-refractivity contribution in [3.05, 3.63) is 47.5 Å². The number of imidazole rings is 1. The molecule has 0 aliphatic carbocycles. The number of piperazine rings is 1. The van der Waals surface area contributed by atoms with Crippen molar-refractivity contribution in [2.24, 2.45) is 0 Å². The number of benzene rings is 1. The van der Waals surface area contributed by atoms with Crippen LogP contribution in [0.4, 0.5) is 19.0 Å². The van der Waals surface area contributed by atoms with Gasteiger partial charge < -0.3 is 14.2 Å². The van der Waals surface area contributed by atoms with Crippen LogP contribution in [0, 0.1) is 6.92 Å². The van der Waals surface area contributed by atoms with E-state index < -0.39 is 11.7 Å². The summed E-state index contributed by atoms with van der Waals surface area (Å²) in [6.07, 6.45) is 0.471. The first-order valence-corrected chi connectivity index (χ1v) is 14.0. The highest BCUT2D eigenvalue weighted by atomic mass is 19.4. The van der Waals surface area contributed by atoms with Gasteiger partial charge in [-0.15, -0.1) is 10.2 Å². The molecule has 2 aliphatic heterocycles. The highest BCUT2D eigenvalue weighted by Crippen LogP contribution is 2.35. The van der Waals surface area contributed by atoms with E-state index in [1.807, 2.05) is 11.3 Å². The van der Waals surface area contributed by atoms with Gasteiger partial charge in [0.25, 0.3) is 5.78 Å². The van der Waals surface area contributed by atoms with Crippen molar-refractivity contribution in [3.8, 4) is 0 Å². The molecule has 1 aromatic carbocycles. The number of rotatable bonds is 6. The summed E-state index contributed by atoms with van der Waals surface area (Å²) in [7, 11) is 0. The van der Waals surface area contributed by atoms with E-state index in [-0.39, 0.29) is 24.2 Å². The Balaban J connectivity index is 1.33. The van der Waals surface area contributed by atoms with Crippen LogP contribution >= 0.6 is 0 Å². The van der Waals surface area contributed by atoms with Gasteiger partial charge in [-0.05, 0) is 57.7 Å². The summed E-state index contributed by atoms with van der Waals surface area (Å²) in [5.74, 6) is 2.21. The summed E-state index contributed by atoms with van der Waals surface area (Å²) in [4.78, 5) is 14.6. The Hall–Kier alpha value is -3.25. The van der Waals surface area contributed by atoms with Crippen molar-refractivity contribution in [1.82, 2.24) is 34.0 Å². The fraction of sp³-hybridized carbons (Fsp3) is 0.571. The van der Waals surface area contributed by atoms with Crippen LogP contribution in [0.3, 0.4) is 0 Å². The highest BCUT2D eigenvalue weighted by Gasteiger charge is 2.37. The lowest BCUT2D eigenvalue weighted by molar-refractivity contribution is -0.137. The normalized spacial score (nSPS) is 23.5. The number of aromatic nitrogens is 6. The minimum Gasteiger partial charge on any atom is -0.376 e. The molecule has 0 N–H and O–H groups in total. The second-order valence-corrected chi connectivity index (χ2v) is 11.1. The van der Waals surface area contributed by atoms with Crippen LogP contribution in [0.5, 0.6) is 0 Å². The lowest BCUT2D eigenvalue weighted by atomic mass is 9.98. The van der Waals surface area contributed by atoms with Crippen molar-refractivity contribution in [2.45, 2.75) is 83.9 Å². The first-order chi connectivity index (χ1) is 19.2. The van der Waals surface area contributed by atoms with Gasteiger partial charge in [0.2, 0.25) is 0 Å². The van der Waals surface area contributed by atoms with Gasteiger partial charge >= 0.3 is 6.18 Å². The van der Waals surface area contributed by atoms with E-state index in [9.17, 15) is 13.2 Å². The monoisotopic (exact) mass is 556 g/mol. The molecule has 0 bridgehead atoms. The molecule has 12 heteroatoms. The molecule has 0 amide bonds. The number of hydrogen-bond donors (Lipinski definition) is 0. The highest BCUT2D eigenvalue weighted by molar-refractivity contribution is 5.87. The van der Waals surface area contributed by atoms with Crippen LogP contribution < -0.4 is 4.90 Å². The average molecular weight is 557 g/mol. The zero-order valence-corrected chi connectivity index (χ0v) is 23.3. The predicted octanol–water partition coefficient (Wildman–Crippen LogP) is 5.03. The fourth-order valence-electron chi connectivity index (χ4n) is 6.30. The predicted molar refractivity (Wildman–Crippen MR) is 145 cm³/mol. The van der Waals surface area contributed by atoms with Crippen molar-refractivity contribution >= 4 is 22.8 Å². The molecule has 0 spiro atoms. The van der Waals surface area contributed by atoms with Crippen LogP contribution in [0.25, 0.3) is 16.9 Å². The lowest BCUT2D eigenvalue weighted by Crippen LogP contribution is -2.58. The molecule has 40 heavy (non-hydrogen) atoms. The van der Waals surface area contributed by atoms with Crippen LogP contribution in [0.1, 0.15) is 63.0 Å². The third-order valence-electron chi connectivity index (χ3n) is 8.56. The minimum absolute atomic E-state index is 0.0309. The van der Waals surface area contributed by atoms with E-state index in [0.717, 1.165) is 60.8 Å². The van der Waals surface area contributed by atoms with E-state index in [4.69, 9.17) is 14.7 Å². The Kier molecular flexibility index (Phi) is 6.94. The second kappa shape index (κ2) is 10.3. The number of alkyl halides is 3. The summed E-state index contributed by atoms with van der Waals surface area (Å²) in [6, 6.07) is 5.79. The van der Waals surface area contributed by atoms with Gasteiger partial charge in [-0.1, -0.05) is 19.1 Å². The molecule has 2 fully saturated rings. The number of halogens is 3. The van der Waals surface area contributed by atoms with Gasteiger partial charge in [-0.25, -0.2) is 9.38 Å². The van der Waals surface area contributed by atoms with Crippen molar-refractivity contribution in [2.75, 3.05) is 24.6 Å². The number of aryl methyl sites for hydroxylation is 1. The van der Waals surface area contributed by atoms with Gasteiger partial charge in [-0.3, -0.25) is 4.90 Å². The Morgan fingerprint density at radius 1 is 1.12 bits per heavy atom. The van der Waals surface area contributed by atoms with E-state index in [1.165, 1.54) is 12.1 Å². The van der Waals surface area contributed by atoms with Gasteiger partial charge in [0.15, 0.2) is 11.5 Å². The van der Waals surface area contributed by atoms with Crippen molar-refractivity contribution in [1.29, 1.82) is 0 Å². The van der Waals surface area contributed by atoms with Gasteiger partial charge in [0.05, 0.1) is 18.2 Å². The van der Waals surface area contributed by atoms with E-state index >= 15 is 0 Å². The summed E-state index contributed by atoms with van der Waals surface area (Å²) < 4.78 is 49.4. The van der Waals surface area contributed by atoms with Crippen LogP contribution in [0.2, 0.25) is 0 Å². The molecular formula is C28H35F3N8O. The van der Waals surface area contributed by atoms with E-state index in [2.05, 4.69) is 45.3 Å². The molecule has 3 aromatic heterocycles.